The van der Waals surface area contributed by atoms with Crippen molar-refractivity contribution in [2.24, 2.45) is 0 Å². The predicted molar refractivity (Wildman–Crippen MR) is 98.6 cm³/mol. The molecule has 0 atom stereocenters. The normalized spacial score (nSPS) is 16.1. The number of aromatic nitrogens is 2. The van der Waals surface area contributed by atoms with Gasteiger partial charge in [-0.05, 0) is 31.9 Å². The van der Waals surface area contributed by atoms with Crippen molar-refractivity contribution in [2.45, 2.75) is 30.8 Å². The van der Waals surface area contributed by atoms with Crippen molar-refractivity contribution in [3.05, 3.63) is 36.5 Å². The lowest BCUT2D eigenvalue weighted by Crippen LogP contribution is -2.41. The maximum absolute atomic E-state index is 13.0. The van der Waals surface area contributed by atoms with Crippen molar-refractivity contribution in [3.8, 4) is 17.6 Å². The molecule has 0 aliphatic carbocycles. The molecule has 1 saturated heterocycles. The van der Waals surface area contributed by atoms with E-state index in [0.717, 1.165) is 0 Å². The van der Waals surface area contributed by atoms with Crippen LogP contribution in [-0.2, 0) is 10.0 Å². The molecule has 9 heteroatoms. The highest BCUT2D eigenvalue weighted by Gasteiger charge is 2.32. The van der Waals surface area contributed by atoms with Crippen molar-refractivity contribution >= 4 is 10.0 Å². The van der Waals surface area contributed by atoms with Gasteiger partial charge in [0.25, 0.3) is 0 Å². The molecule has 0 radical (unpaired) electrons. The zero-order valence-electron chi connectivity index (χ0n) is 15.4. The SMILES string of the molecule is CCOc1ccccc1S(=O)(=O)N1CCC(Oc2ccnc(OC)n2)CC1. The number of para-hydroxylation sites is 1. The number of methoxy groups -OCH3 is 1. The first-order valence-corrected chi connectivity index (χ1v) is 10.2. The lowest BCUT2D eigenvalue weighted by Gasteiger charge is -2.31. The van der Waals surface area contributed by atoms with E-state index in [2.05, 4.69) is 9.97 Å². The van der Waals surface area contributed by atoms with Gasteiger partial charge >= 0.3 is 6.01 Å². The smallest absolute Gasteiger partial charge is 0.319 e. The summed E-state index contributed by atoms with van der Waals surface area (Å²) in [6, 6.07) is 8.61. The standard InChI is InChI=1S/C18H23N3O5S/c1-3-25-15-6-4-5-7-16(15)27(22,23)21-12-9-14(10-13-21)26-17-8-11-19-18(20-17)24-2/h4-8,11,14H,3,9-10,12-13H2,1-2H3. The van der Waals surface area contributed by atoms with Gasteiger partial charge in [-0.3, -0.25) is 0 Å². The van der Waals surface area contributed by atoms with Crippen LogP contribution < -0.4 is 14.2 Å². The number of sulfonamides is 1. The van der Waals surface area contributed by atoms with Crippen LogP contribution in [0.5, 0.6) is 17.6 Å². The van der Waals surface area contributed by atoms with Gasteiger partial charge in [0, 0.05) is 25.4 Å². The predicted octanol–water partition coefficient (Wildman–Crippen LogP) is 2.12. The summed E-state index contributed by atoms with van der Waals surface area (Å²) in [5.74, 6) is 0.802. The minimum atomic E-state index is -3.61. The van der Waals surface area contributed by atoms with E-state index in [4.69, 9.17) is 14.2 Å². The lowest BCUT2D eigenvalue weighted by molar-refractivity contribution is 0.128. The number of benzene rings is 1. The molecule has 1 fully saturated rings. The van der Waals surface area contributed by atoms with E-state index in [0.29, 0.717) is 44.2 Å². The number of hydrogen-bond donors (Lipinski definition) is 0. The fourth-order valence-corrected chi connectivity index (χ4v) is 4.53. The Labute approximate surface area is 159 Å². The van der Waals surface area contributed by atoms with E-state index in [1.165, 1.54) is 11.4 Å². The topological polar surface area (TPSA) is 90.9 Å². The largest absolute Gasteiger partial charge is 0.492 e. The number of piperidine rings is 1. The first-order chi connectivity index (χ1) is 13.0. The Kier molecular flexibility index (Phi) is 6.12. The summed E-state index contributed by atoms with van der Waals surface area (Å²) in [5, 5.41) is 0. The Bertz CT molecular complexity index is 867. The molecule has 27 heavy (non-hydrogen) atoms. The van der Waals surface area contributed by atoms with Crippen LogP contribution in [-0.4, -0.2) is 55.6 Å². The Morgan fingerprint density at radius 1 is 1.19 bits per heavy atom. The molecule has 1 aliphatic heterocycles. The quantitative estimate of drug-likeness (QED) is 0.711. The van der Waals surface area contributed by atoms with Crippen LogP contribution in [0, 0.1) is 0 Å². The number of rotatable bonds is 7. The van der Waals surface area contributed by atoms with Gasteiger partial charge in [-0.2, -0.15) is 9.29 Å². The summed E-state index contributed by atoms with van der Waals surface area (Å²) in [7, 11) is -2.13. The molecule has 1 aromatic carbocycles. The molecule has 1 aromatic heterocycles. The van der Waals surface area contributed by atoms with Crippen molar-refractivity contribution < 1.29 is 22.6 Å². The molecular weight excluding hydrogens is 370 g/mol. The fourth-order valence-electron chi connectivity index (χ4n) is 2.93. The molecule has 0 saturated carbocycles. The molecular formula is C18H23N3O5S. The average molecular weight is 393 g/mol. The van der Waals surface area contributed by atoms with Crippen LogP contribution in [0.2, 0.25) is 0 Å². The number of hydrogen-bond acceptors (Lipinski definition) is 7. The Hall–Kier alpha value is -2.39. The maximum Gasteiger partial charge on any atom is 0.319 e. The second-order valence-electron chi connectivity index (χ2n) is 5.98. The van der Waals surface area contributed by atoms with Crippen LogP contribution in [0.15, 0.2) is 41.4 Å². The van der Waals surface area contributed by atoms with Crippen LogP contribution in [0.4, 0.5) is 0 Å². The van der Waals surface area contributed by atoms with E-state index < -0.39 is 10.0 Å². The van der Waals surface area contributed by atoms with Gasteiger partial charge in [0.1, 0.15) is 16.7 Å². The molecule has 8 nitrogen and oxygen atoms in total. The minimum Gasteiger partial charge on any atom is -0.492 e. The zero-order chi connectivity index (χ0) is 19.3. The van der Waals surface area contributed by atoms with Gasteiger partial charge in [0.15, 0.2) is 0 Å². The van der Waals surface area contributed by atoms with Crippen molar-refractivity contribution in [3.63, 3.8) is 0 Å². The molecule has 0 amide bonds. The van der Waals surface area contributed by atoms with Crippen LogP contribution >= 0.6 is 0 Å². The maximum atomic E-state index is 13.0. The molecule has 3 rings (SSSR count). The van der Waals surface area contributed by atoms with Crippen molar-refractivity contribution in [2.75, 3.05) is 26.8 Å². The summed E-state index contributed by atoms with van der Waals surface area (Å²) in [6.07, 6.45) is 2.59. The van der Waals surface area contributed by atoms with Crippen LogP contribution in [0.25, 0.3) is 0 Å². The Morgan fingerprint density at radius 2 is 1.93 bits per heavy atom. The highest BCUT2D eigenvalue weighted by atomic mass is 32.2. The molecule has 2 heterocycles. The Morgan fingerprint density at radius 3 is 2.63 bits per heavy atom. The molecule has 0 bridgehead atoms. The first-order valence-electron chi connectivity index (χ1n) is 8.80. The van der Waals surface area contributed by atoms with Gasteiger partial charge in [0.05, 0.1) is 13.7 Å². The van der Waals surface area contributed by atoms with Crippen molar-refractivity contribution in [1.82, 2.24) is 14.3 Å². The summed E-state index contributed by atoms with van der Waals surface area (Å²) >= 11 is 0. The second-order valence-corrected chi connectivity index (χ2v) is 7.89. The number of nitrogens with zero attached hydrogens (tertiary/aromatic N) is 3. The molecule has 146 valence electrons. The first kappa shape index (κ1) is 19.4. The molecule has 0 N–H and O–H groups in total. The molecule has 1 aliphatic rings. The summed E-state index contributed by atoms with van der Waals surface area (Å²) in [4.78, 5) is 8.27. The van der Waals surface area contributed by atoms with Crippen molar-refractivity contribution in [1.29, 1.82) is 0 Å². The Balaban J connectivity index is 1.66. The molecule has 0 unspecified atom stereocenters. The zero-order valence-corrected chi connectivity index (χ0v) is 16.2. The monoisotopic (exact) mass is 393 g/mol. The van der Waals surface area contributed by atoms with Gasteiger partial charge in [-0.15, -0.1) is 0 Å². The van der Waals surface area contributed by atoms with E-state index in [1.54, 1.807) is 36.5 Å². The van der Waals surface area contributed by atoms with E-state index in [-0.39, 0.29) is 17.0 Å². The van der Waals surface area contributed by atoms with E-state index in [1.807, 2.05) is 6.92 Å². The third kappa shape index (κ3) is 4.48. The van der Waals surface area contributed by atoms with Gasteiger partial charge in [-0.1, -0.05) is 12.1 Å². The third-order valence-electron chi connectivity index (χ3n) is 4.25. The lowest BCUT2D eigenvalue weighted by atomic mass is 10.1. The summed E-state index contributed by atoms with van der Waals surface area (Å²) in [6.45, 7) is 2.98. The fraction of sp³-hybridized carbons (Fsp3) is 0.444. The van der Waals surface area contributed by atoms with E-state index >= 15 is 0 Å². The third-order valence-corrected chi connectivity index (χ3v) is 6.18. The average Bonchev–Trinajstić information content (AvgIpc) is 2.69. The van der Waals surface area contributed by atoms with Gasteiger partial charge in [0.2, 0.25) is 15.9 Å². The highest BCUT2D eigenvalue weighted by Crippen LogP contribution is 2.29. The van der Waals surface area contributed by atoms with E-state index in [9.17, 15) is 8.42 Å². The molecule has 2 aromatic rings. The number of ether oxygens (including phenoxy) is 3. The van der Waals surface area contributed by atoms with Crippen LogP contribution in [0.1, 0.15) is 19.8 Å². The molecule has 0 spiro atoms. The van der Waals surface area contributed by atoms with Crippen LogP contribution in [0.3, 0.4) is 0 Å². The van der Waals surface area contributed by atoms with Gasteiger partial charge < -0.3 is 14.2 Å². The highest BCUT2D eigenvalue weighted by molar-refractivity contribution is 7.89. The summed E-state index contributed by atoms with van der Waals surface area (Å²) in [5.41, 5.74) is 0. The summed E-state index contributed by atoms with van der Waals surface area (Å²) < 4.78 is 43.8. The minimum absolute atomic E-state index is 0.113. The second kappa shape index (κ2) is 8.53. The van der Waals surface area contributed by atoms with Gasteiger partial charge in [-0.25, -0.2) is 13.4 Å².